The summed E-state index contributed by atoms with van der Waals surface area (Å²) in [6, 6.07) is 4.85. The van der Waals surface area contributed by atoms with E-state index in [-0.39, 0.29) is 6.79 Å². The van der Waals surface area contributed by atoms with E-state index in [9.17, 15) is 9.90 Å². The molecule has 18 heavy (non-hydrogen) atoms. The Labute approximate surface area is 105 Å². The van der Waals surface area contributed by atoms with Crippen LogP contribution < -0.4 is 9.47 Å². The summed E-state index contributed by atoms with van der Waals surface area (Å²) in [7, 11) is 0. The van der Waals surface area contributed by atoms with Gasteiger partial charge in [0.15, 0.2) is 17.6 Å². The molecule has 1 aromatic carbocycles. The van der Waals surface area contributed by atoms with Gasteiger partial charge in [-0.3, -0.25) is 0 Å². The number of aliphatic hydroxyl groups is 1. The lowest BCUT2D eigenvalue weighted by Gasteiger charge is -2.21. The van der Waals surface area contributed by atoms with E-state index in [4.69, 9.17) is 14.2 Å². The molecule has 0 radical (unpaired) electrons. The summed E-state index contributed by atoms with van der Waals surface area (Å²) in [5.41, 5.74) is -0.206. The molecule has 0 fully saturated rings. The van der Waals surface area contributed by atoms with Gasteiger partial charge in [0.25, 0.3) is 0 Å². The molecule has 5 heteroatoms. The number of carbonyl (C=O) groups excluding carboxylic acids is 1. The number of rotatable bonds is 2. The first-order valence-electron chi connectivity index (χ1n) is 5.67. The average molecular weight is 252 g/mol. The maximum Gasteiger partial charge on any atom is 0.340 e. The highest BCUT2D eigenvalue weighted by Gasteiger charge is 2.26. The molecule has 0 unspecified atom stereocenters. The summed E-state index contributed by atoms with van der Waals surface area (Å²) < 4.78 is 15.5. The van der Waals surface area contributed by atoms with Gasteiger partial charge in [0.2, 0.25) is 6.79 Å². The van der Waals surface area contributed by atoms with Crippen molar-refractivity contribution < 1.29 is 24.1 Å². The number of ether oxygens (including phenoxy) is 3. The highest BCUT2D eigenvalue weighted by molar-refractivity contribution is 5.77. The first kappa shape index (κ1) is 12.7. The predicted molar refractivity (Wildman–Crippen MR) is 63.4 cm³/mol. The van der Waals surface area contributed by atoms with Gasteiger partial charge in [0.05, 0.1) is 0 Å². The molecule has 1 heterocycles. The number of hydrogen-bond donors (Lipinski definition) is 1. The van der Waals surface area contributed by atoms with E-state index < -0.39 is 17.7 Å². The van der Waals surface area contributed by atoms with Crippen molar-refractivity contribution >= 4 is 5.97 Å². The van der Waals surface area contributed by atoms with Gasteiger partial charge in [-0.25, -0.2) is 4.79 Å². The molecule has 98 valence electrons. The van der Waals surface area contributed by atoms with E-state index >= 15 is 0 Å². The maximum absolute atomic E-state index is 11.7. The minimum Gasteiger partial charge on any atom is -0.458 e. The summed E-state index contributed by atoms with van der Waals surface area (Å²) >= 11 is 0. The molecule has 1 aliphatic heterocycles. The van der Waals surface area contributed by atoms with Crippen molar-refractivity contribution in [2.45, 2.75) is 32.5 Å². The second-order valence-electron chi connectivity index (χ2n) is 5.05. The lowest BCUT2D eigenvalue weighted by Crippen LogP contribution is -2.27. The van der Waals surface area contributed by atoms with E-state index in [0.717, 1.165) is 0 Å². The van der Waals surface area contributed by atoms with E-state index in [2.05, 4.69) is 0 Å². The Kier molecular flexibility index (Phi) is 3.17. The highest BCUT2D eigenvalue weighted by Crippen LogP contribution is 2.34. The normalized spacial score (nSPS) is 15.3. The van der Waals surface area contributed by atoms with Crippen LogP contribution in [0.25, 0.3) is 0 Å². The van der Waals surface area contributed by atoms with Crippen LogP contribution in [0.3, 0.4) is 0 Å². The van der Waals surface area contributed by atoms with Crippen LogP contribution in [0.5, 0.6) is 11.5 Å². The van der Waals surface area contributed by atoms with Crippen LogP contribution in [0.2, 0.25) is 0 Å². The number of fused-ring (bicyclic) bond motifs is 1. The fourth-order valence-corrected chi connectivity index (χ4v) is 1.58. The summed E-state index contributed by atoms with van der Waals surface area (Å²) in [6.07, 6.45) is -1.32. The monoisotopic (exact) mass is 252 g/mol. The third-order valence-electron chi connectivity index (χ3n) is 2.34. The minimum atomic E-state index is -1.32. The van der Waals surface area contributed by atoms with Gasteiger partial charge in [0, 0.05) is 0 Å². The van der Waals surface area contributed by atoms with Gasteiger partial charge in [-0.15, -0.1) is 0 Å². The zero-order valence-corrected chi connectivity index (χ0v) is 10.6. The molecular formula is C13H16O5. The first-order valence-corrected chi connectivity index (χ1v) is 5.67. The number of hydrogen-bond acceptors (Lipinski definition) is 5. The fraction of sp³-hybridized carbons (Fsp3) is 0.462. The maximum atomic E-state index is 11.7. The van der Waals surface area contributed by atoms with E-state index in [0.29, 0.717) is 17.1 Å². The molecule has 5 nitrogen and oxygen atoms in total. The molecule has 0 aromatic heterocycles. The van der Waals surface area contributed by atoms with Crippen LogP contribution in [-0.2, 0) is 9.53 Å². The van der Waals surface area contributed by atoms with Gasteiger partial charge in [-0.05, 0) is 38.5 Å². The van der Waals surface area contributed by atoms with Crippen molar-refractivity contribution in [1.29, 1.82) is 0 Å². The molecule has 0 aliphatic carbocycles. The zero-order chi connectivity index (χ0) is 13.3. The standard InChI is InChI=1S/C13H16O5/c1-13(2,3)18-12(15)11(14)8-4-5-9-10(6-8)17-7-16-9/h4-6,11,14H,7H2,1-3H3/t11-/m0/s1. The van der Waals surface area contributed by atoms with Gasteiger partial charge in [0.1, 0.15) is 5.60 Å². The van der Waals surface area contributed by atoms with Crippen LogP contribution in [0, 0.1) is 0 Å². The highest BCUT2D eigenvalue weighted by atomic mass is 16.7. The molecule has 1 aromatic rings. The van der Waals surface area contributed by atoms with Crippen LogP contribution in [0.15, 0.2) is 18.2 Å². The summed E-state index contributed by atoms with van der Waals surface area (Å²) in [5, 5.41) is 9.91. The smallest absolute Gasteiger partial charge is 0.340 e. The van der Waals surface area contributed by atoms with Gasteiger partial charge in [-0.2, -0.15) is 0 Å². The van der Waals surface area contributed by atoms with Crippen LogP contribution in [0.1, 0.15) is 32.4 Å². The van der Waals surface area contributed by atoms with E-state index in [1.54, 1.807) is 39.0 Å². The largest absolute Gasteiger partial charge is 0.458 e. The predicted octanol–water partition coefficient (Wildman–Crippen LogP) is 1.79. The van der Waals surface area contributed by atoms with Crippen molar-refractivity contribution in [3.63, 3.8) is 0 Å². The molecule has 2 rings (SSSR count). The van der Waals surface area contributed by atoms with E-state index in [1.807, 2.05) is 0 Å². The Morgan fingerprint density at radius 1 is 1.33 bits per heavy atom. The van der Waals surface area contributed by atoms with Gasteiger partial charge >= 0.3 is 5.97 Å². The number of carbonyl (C=O) groups is 1. The number of benzene rings is 1. The molecule has 0 bridgehead atoms. The van der Waals surface area contributed by atoms with Crippen LogP contribution in [-0.4, -0.2) is 23.5 Å². The lowest BCUT2D eigenvalue weighted by atomic mass is 10.1. The fourth-order valence-electron chi connectivity index (χ4n) is 1.58. The van der Waals surface area contributed by atoms with Crippen molar-refractivity contribution in [2.75, 3.05) is 6.79 Å². The van der Waals surface area contributed by atoms with Crippen molar-refractivity contribution in [2.24, 2.45) is 0 Å². The van der Waals surface area contributed by atoms with Crippen molar-refractivity contribution in [1.82, 2.24) is 0 Å². The summed E-state index contributed by atoms with van der Waals surface area (Å²) in [6.45, 7) is 5.40. The summed E-state index contributed by atoms with van der Waals surface area (Å²) in [4.78, 5) is 11.7. The summed E-state index contributed by atoms with van der Waals surface area (Å²) in [5.74, 6) is 0.451. The Hall–Kier alpha value is -1.75. The molecule has 0 saturated carbocycles. The van der Waals surface area contributed by atoms with E-state index in [1.165, 1.54) is 0 Å². The van der Waals surface area contributed by atoms with Crippen LogP contribution in [0.4, 0.5) is 0 Å². The second kappa shape index (κ2) is 4.49. The molecule has 0 saturated heterocycles. The van der Waals surface area contributed by atoms with Gasteiger partial charge in [-0.1, -0.05) is 6.07 Å². The Morgan fingerprint density at radius 2 is 2.00 bits per heavy atom. The molecule has 1 atom stereocenters. The average Bonchev–Trinajstić information content (AvgIpc) is 2.72. The Bertz CT molecular complexity index is 461. The molecule has 1 aliphatic rings. The topological polar surface area (TPSA) is 65.0 Å². The van der Waals surface area contributed by atoms with Crippen molar-refractivity contribution in [3.8, 4) is 11.5 Å². The Morgan fingerprint density at radius 3 is 2.67 bits per heavy atom. The molecular weight excluding hydrogens is 236 g/mol. The third kappa shape index (κ3) is 2.73. The second-order valence-corrected chi connectivity index (χ2v) is 5.05. The molecule has 0 amide bonds. The number of esters is 1. The first-order chi connectivity index (χ1) is 8.37. The molecule has 1 N–H and O–H groups in total. The SMILES string of the molecule is CC(C)(C)OC(=O)[C@@H](O)c1ccc2c(c1)OCO2. The lowest BCUT2D eigenvalue weighted by molar-refractivity contribution is -0.165. The van der Waals surface area contributed by atoms with Gasteiger partial charge < -0.3 is 19.3 Å². The van der Waals surface area contributed by atoms with Crippen LogP contribution >= 0.6 is 0 Å². The third-order valence-corrected chi connectivity index (χ3v) is 2.34. The van der Waals surface area contributed by atoms with Crippen molar-refractivity contribution in [3.05, 3.63) is 23.8 Å². The minimum absolute atomic E-state index is 0.154. The Balaban J connectivity index is 2.14. The number of aliphatic hydroxyl groups excluding tert-OH is 1. The zero-order valence-electron chi connectivity index (χ0n) is 10.6. The molecule has 0 spiro atoms. The quantitative estimate of drug-likeness (QED) is 0.813.